The van der Waals surface area contributed by atoms with Crippen LogP contribution in [0.15, 0.2) is 72.3 Å². The Morgan fingerprint density at radius 1 is 0.842 bits per heavy atom. The first-order valence-electron chi connectivity index (χ1n) is 13.8. The van der Waals surface area contributed by atoms with Gasteiger partial charge in [0.2, 0.25) is 0 Å². The van der Waals surface area contributed by atoms with Crippen molar-refractivity contribution in [3.63, 3.8) is 0 Å². The van der Waals surface area contributed by atoms with Crippen LogP contribution in [-0.4, -0.2) is 3.21 Å². The standard InChI is InChI=1S/C21H25.C13H13.C3H6.Zr/c1-20(2,3)16-7-9-18-14(12-16)11-15-13-17(21(4,5)6)8-10-19(15)18;1-10-8-11(2)13(9-10)12-6-4-3-5-7-12;1-3-2;/h7-10,12H,11H2,1-6H3;3-7,9-10H,1-2H3;1-2H3;/q2*-1;;+2. The molecule has 0 heterocycles. The van der Waals surface area contributed by atoms with Gasteiger partial charge in [0.15, 0.2) is 0 Å². The summed E-state index contributed by atoms with van der Waals surface area (Å²) in [6.07, 6.45) is 6.68. The van der Waals surface area contributed by atoms with Gasteiger partial charge in [0.25, 0.3) is 0 Å². The van der Waals surface area contributed by atoms with Gasteiger partial charge in [-0.25, -0.2) is 5.57 Å². The van der Waals surface area contributed by atoms with Gasteiger partial charge in [-0.3, -0.25) is 6.08 Å². The van der Waals surface area contributed by atoms with E-state index in [2.05, 4.69) is 142 Å². The van der Waals surface area contributed by atoms with Gasteiger partial charge in [-0.05, 0) is 28.4 Å². The molecule has 196 valence electrons. The molecule has 0 saturated heterocycles. The van der Waals surface area contributed by atoms with Crippen LogP contribution in [0.5, 0.6) is 0 Å². The van der Waals surface area contributed by atoms with Gasteiger partial charge in [0, 0.05) is 0 Å². The molecule has 2 aliphatic carbocycles. The molecule has 0 radical (unpaired) electrons. The van der Waals surface area contributed by atoms with Crippen LogP contribution in [-0.2, 0) is 41.5 Å². The number of hydrogen-bond donors (Lipinski definition) is 0. The van der Waals surface area contributed by atoms with E-state index in [1.165, 1.54) is 53.3 Å². The second-order valence-electron chi connectivity index (χ2n) is 12.8. The van der Waals surface area contributed by atoms with Crippen molar-refractivity contribution in [2.45, 2.75) is 86.5 Å². The quantitative estimate of drug-likeness (QED) is 0.197. The fraction of sp³-hybridized carbons (Fsp3) is 0.378. The predicted molar refractivity (Wildman–Crippen MR) is 163 cm³/mol. The molecule has 0 nitrogen and oxygen atoms in total. The van der Waals surface area contributed by atoms with E-state index in [9.17, 15) is 0 Å². The summed E-state index contributed by atoms with van der Waals surface area (Å²) in [6.45, 7) is 22.1. The summed E-state index contributed by atoms with van der Waals surface area (Å²) in [5, 5.41) is 0. The zero-order valence-corrected chi connectivity index (χ0v) is 27.6. The molecule has 1 heteroatoms. The molecule has 0 saturated carbocycles. The number of allylic oxidation sites excluding steroid dienone is 4. The maximum absolute atomic E-state index is 3.67. The Balaban J connectivity index is 0.000000200. The second-order valence-corrected chi connectivity index (χ2v) is 15.3. The summed E-state index contributed by atoms with van der Waals surface area (Å²) in [6, 6.07) is 25.7. The van der Waals surface area contributed by atoms with E-state index in [1.54, 1.807) is 24.2 Å². The average Bonchev–Trinajstić information content (AvgIpc) is 3.36. The molecule has 0 bridgehead atoms. The zero-order chi connectivity index (χ0) is 28.3. The van der Waals surface area contributed by atoms with Crippen LogP contribution in [0.4, 0.5) is 0 Å². The molecule has 0 aliphatic heterocycles. The van der Waals surface area contributed by atoms with Crippen molar-refractivity contribution in [1.82, 2.24) is 0 Å². The Kier molecular flexibility index (Phi) is 9.92. The summed E-state index contributed by atoms with van der Waals surface area (Å²) in [4.78, 5) is 0. The molecular weight excluding hydrogens is 536 g/mol. The number of hydrogen-bond acceptors (Lipinski definition) is 0. The van der Waals surface area contributed by atoms with E-state index < -0.39 is 0 Å². The second kappa shape index (κ2) is 12.4. The predicted octanol–water partition coefficient (Wildman–Crippen LogP) is 9.87. The molecular formula is C37H44Zr. The van der Waals surface area contributed by atoms with Gasteiger partial charge in [0.05, 0.1) is 0 Å². The first kappa shape index (κ1) is 30.4. The molecule has 3 aromatic rings. The van der Waals surface area contributed by atoms with Gasteiger partial charge >= 0.3 is 41.3 Å². The topological polar surface area (TPSA) is 0 Å². The van der Waals surface area contributed by atoms with E-state index in [1.807, 2.05) is 6.07 Å². The minimum atomic E-state index is 0.167. The molecule has 0 spiro atoms. The average molecular weight is 580 g/mol. The Morgan fingerprint density at radius 2 is 1.45 bits per heavy atom. The SMILES string of the molecule is CC(C)(C)c1[c-]c2c(cc1)-c1ccc(C(C)(C)C)cc1C2.CC1=[C-]C(C)C=C1c1ccccc1.C[C](C)=[Zr+2]. The summed E-state index contributed by atoms with van der Waals surface area (Å²) in [5.74, 6) is 0.468. The van der Waals surface area contributed by atoms with Gasteiger partial charge in [-0.1, -0.05) is 115 Å². The molecule has 0 fully saturated rings. The van der Waals surface area contributed by atoms with Gasteiger partial charge in [0.1, 0.15) is 0 Å². The summed E-state index contributed by atoms with van der Waals surface area (Å²) >= 11 is 1.55. The summed E-state index contributed by atoms with van der Waals surface area (Å²) in [5.41, 5.74) is 12.6. The fourth-order valence-electron chi connectivity index (χ4n) is 4.79. The molecule has 3 aromatic carbocycles. The van der Waals surface area contributed by atoms with Crippen LogP contribution < -0.4 is 0 Å². The van der Waals surface area contributed by atoms with Crippen LogP contribution in [0, 0.1) is 18.1 Å². The van der Waals surface area contributed by atoms with E-state index in [0.717, 1.165) is 6.42 Å². The van der Waals surface area contributed by atoms with Crippen molar-refractivity contribution in [3.8, 4) is 11.1 Å². The fourth-order valence-corrected chi connectivity index (χ4v) is 4.79. The van der Waals surface area contributed by atoms with Crippen LogP contribution in [0.3, 0.4) is 0 Å². The van der Waals surface area contributed by atoms with E-state index in [-0.39, 0.29) is 10.8 Å². The minimum absolute atomic E-state index is 0.167. The third-order valence-corrected chi connectivity index (χ3v) is 6.81. The normalized spacial score (nSPS) is 15.7. The van der Waals surface area contributed by atoms with Crippen LogP contribution in [0.1, 0.15) is 97.1 Å². The molecule has 5 rings (SSSR count). The summed E-state index contributed by atoms with van der Waals surface area (Å²) in [7, 11) is 0. The van der Waals surface area contributed by atoms with Crippen LogP contribution in [0.2, 0.25) is 0 Å². The Bertz CT molecular complexity index is 1270. The zero-order valence-electron chi connectivity index (χ0n) is 25.1. The van der Waals surface area contributed by atoms with Crippen LogP contribution >= 0.6 is 0 Å². The van der Waals surface area contributed by atoms with Crippen LogP contribution in [0.25, 0.3) is 16.7 Å². The first-order valence-corrected chi connectivity index (χ1v) is 15.0. The van der Waals surface area contributed by atoms with E-state index in [4.69, 9.17) is 0 Å². The molecule has 2 aliphatic rings. The molecule has 0 amide bonds. The molecule has 0 aromatic heterocycles. The molecule has 1 unspecified atom stereocenters. The number of rotatable bonds is 1. The third-order valence-electron chi connectivity index (χ3n) is 6.81. The van der Waals surface area contributed by atoms with Crippen molar-refractivity contribution in [3.05, 3.63) is 112 Å². The Hall–Kier alpha value is -2.11. The monoisotopic (exact) mass is 578 g/mol. The molecule has 38 heavy (non-hydrogen) atoms. The van der Waals surface area contributed by atoms with Gasteiger partial charge in [-0.15, -0.1) is 16.7 Å². The van der Waals surface area contributed by atoms with Crippen molar-refractivity contribution >= 4 is 8.78 Å². The Labute approximate surface area is 247 Å². The van der Waals surface area contributed by atoms with E-state index >= 15 is 0 Å². The van der Waals surface area contributed by atoms with Gasteiger partial charge < -0.3 is 0 Å². The number of benzene rings is 3. The van der Waals surface area contributed by atoms with Crippen molar-refractivity contribution in [1.29, 1.82) is 0 Å². The van der Waals surface area contributed by atoms with Crippen molar-refractivity contribution in [2.75, 3.05) is 0 Å². The first-order chi connectivity index (χ1) is 17.7. The summed E-state index contributed by atoms with van der Waals surface area (Å²) < 4.78 is 1.51. The Morgan fingerprint density at radius 3 is 1.97 bits per heavy atom. The van der Waals surface area contributed by atoms with Crippen molar-refractivity contribution < 1.29 is 24.2 Å². The third kappa shape index (κ3) is 7.96. The number of fused-ring (bicyclic) bond motifs is 3. The van der Waals surface area contributed by atoms with Crippen molar-refractivity contribution in [2.24, 2.45) is 5.92 Å². The molecule has 1 atom stereocenters. The molecule has 0 N–H and O–H groups in total. The van der Waals surface area contributed by atoms with Gasteiger partial charge in [-0.2, -0.15) is 35.4 Å². The van der Waals surface area contributed by atoms with E-state index in [0.29, 0.717) is 5.92 Å². The maximum atomic E-state index is 3.67.